The highest BCUT2D eigenvalue weighted by atomic mass is 19.1. The standard InChI is InChI=1S/C20H20FN3O3/c1-3-27-16-10-4-13(5-11-16)18-17(12(2)22-20(26)24-18)19(25)23-15-8-6-14(21)7-9-15/h4-11,18H,3H2,1-2H3,(H,23,25)(H2,22,24,26)/t18-/m1/s1. The van der Waals surface area contributed by atoms with Gasteiger partial charge in [-0.3, -0.25) is 4.79 Å². The van der Waals surface area contributed by atoms with Crippen LogP contribution in [0.15, 0.2) is 59.8 Å². The highest BCUT2D eigenvalue weighted by Gasteiger charge is 2.31. The van der Waals surface area contributed by atoms with Gasteiger partial charge < -0.3 is 20.7 Å². The van der Waals surface area contributed by atoms with Gasteiger partial charge in [0, 0.05) is 11.4 Å². The fourth-order valence-corrected chi connectivity index (χ4v) is 2.90. The van der Waals surface area contributed by atoms with Gasteiger partial charge in [0.05, 0.1) is 18.2 Å². The molecular formula is C20H20FN3O3. The smallest absolute Gasteiger partial charge is 0.319 e. The summed E-state index contributed by atoms with van der Waals surface area (Å²) in [5.74, 6) is -0.0627. The van der Waals surface area contributed by atoms with Gasteiger partial charge >= 0.3 is 6.03 Å². The second-order valence-corrected chi connectivity index (χ2v) is 6.03. The van der Waals surface area contributed by atoms with Crippen LogP contribution in [-0.4, -0.2) is 18.5 Å². The van der Waals surface area contributed by atoms with Crippen molar-refractivity contribution in [1.82, 2.24) is 10.6 Å². The Kier molecular flexibility index (Phi) is 5.40. The number of rotatable bonds is 5. The number of nitrogens with one attached hydrogen (secondary N) is 3. The van der Waals surface area contributed by atoms with E-state index in [1.807, 2.05) is 6.92 Å². The normalized spacial score (nSPS) is 16.4. The van der Waals surface area contributed by atoms with Crippen molar-refractivity contribution in [3.8, 4) is 5.75 Å². The van der Waals surface area contributed by atoms with Crippen LogP contribution in [0.4, 0.5) is 14.9 Å². The maximum atomic E-state index is 13.1. The average Bonchev–Trinajstić information content (AvgIpc) is 2.64. The molecular weight excluding hydrogens is 349 g/mol. The van der Waals surface area contributed by atoms with Crippen LogP contribution >= 0.6 is 0 Å². The van der Waals surface area contributed by atoms with E-state index in [0.29, 0.717) is 29.3 Å². The van der Waals surface area contributed by atoms with Crippen molar-refractivity contribution in [1.29, 1.82) is 0 Å². The number of hydrogen-bond acceptors (Lipinski definition) is 3. The molecule has 0 aromatic heterocycles. The summed E-state index contributed by atoms with van der Waals surface area (Å²) < 4.78 is 18.5. The first-order valence-electron chi connectivity index (χ1n) is 8.56. The van der Waals surface area contributed by atoms with E-state index >= 15 is 0 Å². The van der Waals surface area contributed by atoms with Crippen molar-refractivity contribution in [2.24, 2.45) is 0 Å². The first-order valence-corrected chi connectivity index (χ1v) is 8.56. The van der Waals surface area contributed by atoms with E-state index in [0.717, 1.165) is 5.56 Å². The van der Waals surface area contributed by atoms with Crippen molar-refractivity contribution in [3.63, 3.8) is 0 Å². The summed E-state index contributed by atoms with van der Waals surface area (Å²) in [7, 11) is 0. The molecule has 2 aromatic carbocycles. The zero-order chi connectivity index (χ0) is 19.4. The zero-order valence-electron chi connectivity index (χ0n) is 15.0. The molecule has 27 heavy (non-hydrogen) atoms. The first kappa shape index (κ1) is 18.4. The number of urea groups is 1. The van der Waals surface area contributed by atoms with Crippen LogP contribution in [0.3, 0.4) is 0 Å². The van der Waals surface area contributed by atoms with Crippen LogP contribution in [-0.2, 0) is 4.79 Å². The number of anilines is 1. The summed E-state index contributed by atoms with van der Waals surface area (Å²) >= 11 is 0. The Hall–Kier alpha value is -3.35. The highest BCUT2D eigenvalue weighted by Crippen LogP contribution is 2.29. The molecule has 0 saturated carbocycles. The lowest BCUT2D eigenvalue weighted by Gasteiger charge is -2.28. The molecule has 0 aliphatic carbocycles. The number of hydrogen-bond donors (Lipinski definition) is 3. The third kappa shape index (κ3) is 4.25. The topological polar surface area (TPSA) is 79.5 Å². The van der Waals surface area contributed by atoms with Crippen LogP contribution in [0.1, 0.15) is 25.5 Å². The van der Waals surface area contributed by atoms with Gasteiger partial charge in [-0.25, -0.2) is 9.18 Å². The summed E-state index contributed by atoms with van der Waals surface area (Å²) in [6, 6.07) is 11.7. The van der Waals surface area contributed by atoms with Gasteiger partial charge in [-0.15, -0.1) is 0 Å². The summed E-state index contributed by atoms with van der Waals surface area (Å²) in [5, 5.41) is 8.13. The van der Waals surface area contributed by atoms with Gasteiger partial charge in [0.25, 0.3) is 5.91 Å². The second-order valence-electron chi connectivity index (χ2n) is 6.03. The third-order valence-corrected chi connectivity index (χ3v) is 4.14. The predicted molar refractivity (Wildman–Crippen MR) is 99.7 cm³/mol. The van der Waals surface area contributed by atoms with Crippen molar-refractivity contribution in [2.75, 3.05) is 11.9 Å². The number of allylic oxidation sites excluding steroid dienone is 1. The SMILES string of the molecule is CCOc1ccc([C@H]2NC(=O)NC(C)=C2C(=O)Nc2ccc(F)cc2)cc1. The molecule has 7 heteroatoms. The molecule has 0 fully saturated rings. The summed E-state index contributed by atoms with van der Waals surface area (Å²) in [6.45, 7) is 4.11. The minimum atomic E-state index is -0.616. The maximum absolute atomic E-state index is 13.1. The van der Waals surface area contributed by atoms with Gasteiger partial charge in [-0.05, 0) is 55.8 Å². The Balaban J connectivity index is 1.89. The Morgan fingerprint density at radius 1 is 1.15 bits per heavy atom. The van der Waals surface area contributed by atoms with Gasteiger partial charge in [-0.1, -0.05) is 12.1 Å². The molecule has 2 aromatic rings. The lowest BCUT2D eigenvalue weighted by Crippen LogP contribution is -2.45. The fourth-order valence-electron chi connectivity index (χ4n) is 2.90. The molecule has 1 atom stereocenters. The van der Waals surface area contributed by atoms with Crippen molar-refractivity contribution >= 4 is 17.6 Å². The van der Waals surface area contributed by atoms with E-state index in [4.69, 9.17) is 4.74 Å². The van der Waals surface area contributed by atoms with Crippen LogP contribution < -0.4 is 20.7 Å². The molecule has 0 spiro atoms. The molecule has 3 amide bonds. The molecule has 0 saturated heterocycles. The third-order valence-electron chi connectivity index (χ3n) is 4.14. The molecule has 1 heterocycles. The predicted octanol–water partition coefficient (Wildman–Crippen LogP) is 3.49. The summed E-state index contributed by atoms with van der Waals surface area (Å²) in [5.41, 5.74) is 2.04. The van der Waals surface area contributed by atoms with Gasteiger partial charge in [0.15, 0.2) is 0 Å². The van der Waals surface area contributed by atoms with Crippen LogP contribution in [0.2, 0.25) is 0 Å². The molecule has 0 radical (unpaired) electrons. The van der Waals surface area contributed by atoms with Crippen LogP contribution in [0.25, 0.3) is 0 Å². The van der Waals surface area contributed by atoms with Crippen LogP contribution in [0.5, 0.6) is 5.75 Å². The van der Waals surface area contributed by atoms with E-state index in [1.54, 1.807) is 31.2 Å². The highest BCUT2D eigenvalue weighted by molar-refractivity contribution is 6.06. The molecule has 1 aliphatic heterocycles. The van der Waals surface area contributed by atoms with Crippen molar-refractivity contribution < 1.29 is 18.7 Å². The molecule has 0 unspecified atom stereocenters. The molecule has 1 aliphatic rings. The van der Waals surface area contributed by atoms with E-state index in [1.165, 1.54) is 24.3 Å². The minimum absolute atomic E-state index is 0.378. The molecule has 6 nitrogen and oxygen atoms in total. The van der Waals surface area contributed by atoms with Gasteiger partial charge in [0.1, 0.15) is 11.6 Å². The first-order chi connectivity index (χ1) is 13.0. The molecule has 3 N–H and O–H groups in total. The number of ether oxygens (including phenoxy) is 1. The number of halogens is 1. The van der Waals surface area contributed by atoms with E-state index < -0.39 is 6.04 Å². The van der Waals surface area contributed by atoms with Crippen molar-refractivity contribution in [3.05, 3.63) is 71.2 Å². The molecule has 3 rings (SSSR count). The lowest BCUT2D eigenvalue weighted by molar-refractivity contribution is -0.113. The Morgan fingerprint density at radius 3 is 2.44 bits per heavy atom. The Bertz CT molecular complexity index is 876. The van der Waals surface area contributed by atoms with E-state index in [2.05, 4.69) is 16.0 Å². The largest absolute Gasteiger partial charge is 0.494 e. The quantitative estimate of drug-likeness (QED) is 0.755. The van der Waals surface area contributed by atoms with Gasteiger partial charge in [0.2, 0.25) is 0 Å². The van der Waals surface area contributed by atoms with Crippen LogP contribution in [0, 0.1) is 5.82 Å². The zero-order valence-corrected chi connectivity index (χ0v) is 15.0. The fraction of sp³-hybridized carbons (Fsp3) is 0.200. The Morgan fingerprint density at radius 2 is 1.81 bits per heavy atom. The Labute approximate surface area is 156 Å². The molecule has 140 valence electrons. The second kappa shape index (κ2) is 7.90. The summed E-state index contributed by atoms with van der Waals surface area (Å²) in [4.78, 5) is 24.8. The van der Waals surface area contributed by atoms with Crippen molar-refractivity contribution in [2.45, 2.75) is 19.9 Å². The average molecular weight is 369 g/mol. The lowest BCUT2D eigenvalue weighted by atomic mass is 9.94. The number of carbonyl (C=O) groups is 2. The number of carbonyl (C=O) groups excluding carboxylic acids is 2. The number of amides is 3. The van der Waals surface area contributed by atoms with E-state index in [9.17, 15) is 14.0 Å². The molecule has 0 bridgehead atoms. The summed E-state index contributed by atoms with van der Waals surface area (Å²) in [6.07, 6.45) is 0. The van der Waals surface area contributed by atoms with E-state index in [-0.39, 0.29) is 17.8 Å². The number of benzene rings is 2. The minimum Gasteiger partial charge on any atom is -0.494 e. The monoisotopic (exact) mass is 369 g/mol. The van der Waals surface area contributed by atoms with Gasteiger partial charge in [-0.2, -0.15) is 0 Å². The maximum Gasteiger partial charge on any atom is 0.319 e.